The monoisotopic (exact) mass is 429 g/mol. The second-order valence-corrected chi connectivity index (χ2v) is 6.20. The number of aromatic amines is 1. The predicted octanol–water partition coefficient (Wildman–Crippen LogP) is 5.07. The fourth-order valence-electron chi connectivity index (χ4n) is 2.24. The lowest BCUT2D eigenvalue weighted by atomic mass is 10.0. The zero-order valence-electron chi connectivity index (χ0n) is 11.9. The third-order valence-corrected chi connectivity index (χ3v) is 3.83. The molecule has 0 bridgehead atoms. The van der Waals surface area contributed by atoms with Crippen molar-refractivity contribution >= 4 is 22.6 Å². The van der Waals surface area contributed by atoms with Gasteiger partial charge in [0, 0.05) is 5.69 Å². The maximum Gasteiger partial charge on any atom is 0.416 e. The highest BCUT2D eigenvalue weighted by Gasteiger charge is 2.29. The molecule has 1 N–H and O–H groups in total. The van der Waals surface area contributed by atoms with Crippen LogP contribution in [0.15, 0.2) is 42.6 Å². The Kier molecular flexibility index (Phi) is 4.13. The van der Waals surface area contributed by atoms with Crippen LogP contribution in [-0.2, 0) is 6.18 Å². The van der Waals surface area contributed by atoms with Crippen LogP contribution in [0, 0.1) is 10.6 Å². The van der Waals surface area contributed by atoms with Crippen molar-refractivity contribution in [3.05, 3.63) is 57.6 Å². The van der Waals surface area contributed by atoms with Gasteiger partial charge in [-0.15, -0.1) is 0 Å². The first kappa shape index (κ1) is 16.0. The van der Waals surface area contributed by atoms with Gasteiger partial charge in [-0.3, -0.25) is 0 Å². The van der Waals surface area contributed by atoms with Crippen LogP contribution in [0.5, 0.6) is 0 Å². The zero-order valence-corrected chi connectivity index (χ0v) is 14.1. The van der Waals surface area contributed by atoms with Crippen molar-refractivity contribution in [1.29, 1.82) is 0 Å². The summed E-state index contributed by atoms with van der Waals surface area (Å²) in [4.78, 5) is 11.7. The van der Waals surface area contributed by atoms with Gasteiger partial charge in [0.2, 0.25) is 0 Å². The molecule has 3 nitrogen and oxygen atoms in total. The summed E-state index contributed by atoms with van der Waals surface area (Å²) in [6.07, 6.45) is -2.64. The van der Waals surface area contributed by atoms with Crippen molar-refractivity contribution < 1.29 is 13.2 Å². The van der Waals surface area contributed by atoms with Gasteiger partial charge < -0.3 is 4.98 Å². The molecule has 0 radical (unpaired) electrons. The van der Waals surface area contributed by atoms with Gasteiger partial charge in [-0.25, -0.2) is 9.97 Å². The van der Waals surface area contributed by atoms with E-state index < -0.39 is 11.7 Å². The molecule has 0 saturated heterocycles. The van der Waals surface area contributed by atoms with E-state index in [2.05, 4.69) is 37.5 Å². The van der Waals surface area contributed by atoms with Crippen molar-refractivity contribution in [2.45, 2.75) is 13.1 Å². The van der Waals surface area contributed by atoms with Crippen molar-refractivity contribution in [2.24, 2.45) is 0 Å². The zero-order chi connectivity index (χ0) is 16.6. The molecular weight excluding hydrogens is 418 g/mol. The SMILES string of the molecule is Cc1cc(-c2ccc(C(F)(F)F)cc2)cc(-c2ncc(I)[nH]2)n1. The summed E-state index contributed by atoms with van der Waals surface area (Å²) in [6.45, 7) is 1.84. The van der Waals surface area contributed by atoms with Gasteiger partial charge in [-0.2, -0.15) is 13.2 Å². The largest absolute Gasteiger partial charge is 0.416 e. The first-order valence-corrected chi connectivity index (χ1v) is 7.78. The van der Waals surface area contributed by atoms with E-state index in [9.17, 15) is 13.2 Å². The number of hydrogen-bond acceptors (Lipinski definition) is 2. The van der Waals surface area contributed by atoms with Gasteiger partial charge in [0.1, 0.15) is 5.69 Å². The number of aryl methyl sites for hydroxylation is 1. The first-order chi connectivity index (χ1) is 10.8. The number of halogens is 4. The minimum absolute atomic E-state index is 0.631. The molecule has 0 spiro atoms. The number of hydrogen-bond donors (Lipinski definition) is 1. The molecule has 23 heavy (non-hydrogen) atoms. The van der Waals surface area contributed by atoms with E-state index >= 15 is 0 Å². The number of imidazole rings is 1. The Morgan fingerprint density at radius 2 is 1.74 bits per heavy atom. The lowest BCUT2D eigenvalue weighted by molar-refractivity contribution is -0.137. The Bertz CT molecular complexity index is 839. The number of alkyl halides is 3. The minimum atomic E-state index is -4.33. The normalized spacial score (nSPS) is 11.7. The van der Waals surface area contributed by atoms with Crippen LogP contribution in [0.3, 0.4) is 0 Å². The van der Waals surface area contributed by atoms with E-state index in [4.69, 9.17) is 0 Å². The fraction of sp³-hybridized carbons (Fsp3) is 0.125. The molecule has 0 amide bonds. The highest BCUT2D eigenvalue weighted by molar-refractivity contribution is 14.1. The van der Waals surface area contributed by atoms with Gasteiger partial charge >= 0.3 is 6.18 Å². The van der Waals surface area contributed by atoms with Gasteiger partial charge in [-0.1, -0.05) is 12.1 Å². The van der Waals surface area contributed by atoms with E-state index in [1.807, 2.05) is 19.1 Å². The van der Waals surface area contributed by atoms with Gasteiger partial charge in [0.05, 0.1) is 15.5 Å². The molecule has 1 aromatic carbocycles. The summed E-state index contributed by atoms with van der Waals surface area (Å²) in [5.41, 5.74) is 2.26. The van der Waals surface area contributed by atoms with E-state index in [0.29, 0.717) is 17.1 Å². The summed E-state index contributed by atoms with van der Waals surface area (Å²) < 4.78 is 38.8. The lowest BCUT2D eigenvalue weighted by Crippen LogP contribution is -2.04. The van der Waals surface area contributed by atoms with Crippen molar-refractivity contribution in [1.82, 2.24) is 15.0 Å². The topological polar surface area (TPSA) is 41.6 Å². The number of H-pyrrole nitrogens is 1. The smallest absolute Gasteiger partial charge is 0.332 e. The molecule has 118 valence electrons. The second kappa shape index (κ2) is 5.95. The number of nitrogens with one attached hydrogen (secondary N) is 1. The molecule has 3 aromatic rings. The molecule has 0 fully saturated rings. The fourth-order valence-corrected chi connectivity index (χ4v) is 2.63. The summed E-state index contributed by atoms with van der Waals surface area (Å²) in [5, 5.41) is 0. The molecular formula is C16H11F3IN3. The average Bonchev–Trinajstić information content (AvgIpc) is 2.92. The summed E-state index contributed by atoms with van der Waals surface area (Å²) in [5.74, 6) is 0.631. The summed E-state index contributed by atoms with van der Waals surface area (Å²) >= 11 is 2.11. The third-order valence-electron chi connectivity index (χ3n) is 3.29. The Labute approximate surface area is 144 Å². The molecule has 0 aliphatic rings. The van der Waals surface area contributed by atoms with Gasteiger partial charge in [-0.05, 0) is 64.9 Å². The van der Waals surface area contributed by atoms with Crippen molar-refractivity contribution in [3.63, 3.8) is 0 Å². The van der Waals surface area contributed by atoms with Crippen molar-refractivity contribution in [2.75, 3.05) is 0 Å². The molecule has 7 heteroatoms. The predicted molar refractivity (Wildman–Crippen MR) is 89.7 cm³/mol. The lowest BCUT2D eigenvalue weighted by Gasteiger charge is -2.09. The van der Waals surface area contributed by atoms with E-state index in [1.165, 1.54) is 12.1 Å². The molecule has 2 heterocycles. The molecule has 0 aliphatic heterocycles. The van der Waals surface area contributed by atoms with E-state index in [1.54, 1.807) is 6.20 Å². The van der Waals surface area contributed by atoms with Crippen LogP contribution < -0.4 is 0 Å². The first-order valence-electron chi connectivity index (χ1n) is 6.70. The maximum atomic E-state index is 12.7. The van der Waals surface area contributed by atoms with Crippen LogP contribution in [0.1, 0.15) is 11.3 Å². The van der Waals surface area contributed by atoms with Gasteiger partial charge in [0.15, 0.2) is 5.82 Å². The van der Waals surface area contributed by atoms with Crippen LogP contribution >= 0.6 is 22.6 Å². The number of rotatable bonds is 2. The van der Waals surface area contributed by atoms with Crippen LogP contribution in [-0.4, -0.2) is 15.0 Å². The quantitative estimate of drug-likeness (QED) is 0.578. The average molecular weight is 429 g/mol. The molecule has 0 unspecified atom stereocenters. The molecule has 0 atom stereocenters. The number of nitrogens with zero attached hydrogens (tertiary/aromatic N) is 2. The Balaban J connectivity index is 2.01. The minimum Gasteiger partial charge on any atom is -0.332 e. The van der Waals surface area contributed by atoms with E-state index in [-0.39, 0.29) is 0 Å². The standard InChI is InChI=1S/C16H11F3IN3/c1-9-6-11(7-13(22-9)15-21-8-14(20)23-15)10-2-4-12(5-3-10)16(17,18)19/h2-8H,1H3,(H,21,23). The van der Waals surface area contributed by atoms with E-state index in [0.717, 1.165) is 27.1 Å². The second-order valence-electron chi connectivity index (χ2n) is 5.04. The Morgan fingerprint density at radius 1 is 1.04 bits per heavy atom. The highest BCUT2D eigenvalue weighted by Crippen LogP contribution is 2.31. The highest BCUT2D eigenvalue weighted by atomic mass is 127. The summed E-state index contributed by atoms with van der Waals surface area (Å²) in [6, 6.07) is 8.74. The molecule has 2 aromatic heterocycles. The van der Waals surface area contributed by atoms with Gasteiger partial charge in [0.25, 0.3) is 0 Å². The van der Waals surface area contributed by atoms with Crippen molar-refractivity contribution in [3.8, 4) is 22.6 Å². The Morgan fingerprint density at radius 3 is 2.30 bits per heavy atom. The molecule has 0 aliphatic carbocycles. The van der Waals surface area contributed by atoms with Crippen LogP contribution in [0.2, 0.25) is 0 Å². The third kappa shape index (κ3) is 3.54. The number of aromatic nitrogens is 3. The molecule has 0 saturated carbocycles. The number of pyridine rings is 1. The van der Waals surface area contributed by atoms with Crippen LogP contribution in [0.4, 0.5) is 13.2 Å². The maximum absolute atomic E-state index is 12.7. The summed E-state index contributed by atoms with van der Waals surface area (Å²) in [7, 11) is 0. The molecule has 3 rings (SSSR count). The number of benzene rings is 1. The Hall–Kier alpha value is -1.90. The van der Waals surface area contributed by atoms with Crippen LogP contribution in [0.25, 0.3) is 22.6 Å².